The van der Waals surface area contributed by atoms with Gasteiger partial charge >= 0.3 is 0 Å². The van der Waals surface area contributed by atoms with E-state index in [4.69, 9.17) is 4.99 Å². The molecule has 2 heterocycles. The van der Waals surface area contributed by atoms with Gasteiger partial charge in [0, 0.05) is 42.2 Å². The van der Waals surface area contributed by atoms with E-state index in [0.29, 0.717) is 0 Å². The Morgan fingerprint density at radius 3 is 2.67 bits per heavy atom. The summed E-state index contributed by atoms with van der Waals surface area (Å²) in [6, 6.07) is 9.53. The summed E-state index contributed by atoms with van der Waals surface area (Å²) in [4.78, 5) is 17.8. The van der Waals surface area contributed by atoms with Crippen molar-refractivity contribution >= 4 is 41.3 Å². The van der Waals surface area contributed by atoms with Gasteiger partial charge in [-0.05, 0) is 37.3 Å². The zero-order valence-electron chi connectivity index (χ0n) is 16.4. The van der Waals surface area contributed by atoms with Crippen LogP contribution in [0.15, 0.2) is 51.7 Å². The Morgan fingerprint density at radius 2 is 2.00 bits per heavy atom. The standard InChI is InChI=1S/C20H30N4OS.HI/c1-4-21-19(23-16-20(2,3)17-10-9-15-26-17)22-12-6-8-14-24-13-7-5-11-18(24)25;/h5,7,9-11,13,15H,4,6,8,12,14,16H2,1-3H3,(H2,21,22,23);1H. The van der Waals surface area contributed by atoms with Gasteiger partial charge in [0.15, 0.2) is 5.96 Å². The molecule has 0 saturated heterocycles. The second-order valence-corrected chi connectivity index (χ2v) is 7.87. The zero-order valence-corrected chi connectivity index (χ0v) is 19.6. The molecule has 0 aromatic carbocycles. The van der Waals surface area contributed by atoms with E-state index in [1.807, 2.05) is 12.3 Å². The van der Waals surface area contributed by atoms with Gasteiger partial charge in [0.2, 0.25) is 5.56 Å². The highest BCUT2D eigenvalue weighted by Gasteiger charge is 2.21. The van der Waals surface area contributed by atoms with Crippen LogP contribution in [-0.4, -0.2) is 30.2 Å². The van der Waals surface area contributed by atoms with Crippen LogP contribution in [0, 0.1) is 0 Å². The van der Waals surface area contributed by atoms with Gasteiger partial charge in [0.25, 0.3) is 0 Å². The third-order valence-corrected chi connectivity index (χ3v) is 5.42. The summed E-state index contributed by atoms with van der Waals surface area (Å²) in [5.41, 5.74) is 0.0940. The predicted molar refractivity (Wildman–Crippen MR) is 127 cm³/mol. The number of nitrogens with zero attached hydrogens (tertiary/aromatic N) is 2. The minimum Gasteiger partial charge on any atom is -0.357 e. The van der Waals surface area contributed by atoms with E-state index in [1.54, 1.807) is 28.0 Å². The van der Waals surface area contributed by atoms with E-state index in [0.717, 1.165) is 45.0 Å². The maximum atomic E-state index is 11.7. The Kier molecular flexibility index (Phi) is 10.7. The smallest absolute Gasteiger partial charge is 0.250 e. The molecule has 0 unspecified atom stereocenters. The number of guanidine groups is 1. The van der Waals surface area contributed by atoms with Crippen molar-refractivity contribution in [2.45, 2.75) is 45.6 Å². The van der Waals surface area contributed by atoms with Crippen LogP contribution in [0.2, 0.25) is 0 Å². The van der Waals surface area contributed by atoms with Gasteiger partial charge in [-0.2, -0.15) is 0 Å². The minimum absolute atomic E-state index is 0. The van der Waals surface area contributed by atoms with Gasteiger partial charge in [-0.1, -0.05) is 26.0 Å². The van der Waals surface area contributed by atoms with Gasteiger partial charge in [0.05, 0.1) is 6.54 Å². The predicted octanol–water partition coefficient (Wildman–Crippen LogP) is 3.84. The van der Waals surface area contributed by atoms with E-state index < -0.39 is 0 Å². The van der Waals surface area contributed by atoms with Crippen molar-refractivity contribution in [2.75, 3.05) is 19.6 Å². The maximum absolute atomic E-state index is 11.7. The van der Waals surface area contributed by atoms with Gasteiger partial charge < -0.3 is 15.2 Å². The second-order valence-electron chi connectivity index (χ2n) is 6.92. The first kappa shape index (κ1) is 23.7. The molecule has 0 aliphatic heterocycles. The summed E-state index contributed by atoms with van der Waals surface area (Å²) in [5.74, 6) is 0.856. The molecule has 0 aliphatic rings. The summed E-state index contributed by atoms with van der Waals surface area (Å²) in [6.07, 6.45) is 3.78. The van der Waals surface area contributed by atoms with Crippen molar-refractivity contribution in [3.63, 3.8) is 0 Å². The van der Waals surface area contributed by atoms with Gasteiger partial charge in [-0.25, -0.2) is 0 Å². The number of halogens is 1. The normalized spacial score (nSPS) is 11.7. The highest BCUT2D eigenvalue weighted by Crippen LogP contribution is 2.27. The molecule has 2 aromatic heterocycles. The third kappa shape index (κ3) is 8.04. The van der Waals surface area contributed by atoms with E-state index >= 15 is 0 Å². The molecule has 150 valence electrons. The Bertz CT molecular complexity index is 740. The molecule has 5 nitrogen and oxygen atoms in total. The van der Waals surface area contributed by atoms with Crippen molar-refractivity contribution in [1.29, 1.82) is 0 Å². The topological polar surface area (TPSA) is 58.4 Å². The molecule has 0 bridgehead atoms. The Hall–Kier alpha value is -1.35. The lowest BCUT2D eigenvalue weighted by Crippen LogP contribution is -2.39. The van der Waals surface area contributed by atoms with Crippen molar-refractivity contribution in [3.05, 3.63) is 57.1 Å². The van der Waals surface area contributed by atoms with E-state index in [-0.39, 0.29) is 35.0 Å². The molecule has 7 heteroatoms. The molecule has 0 amide bonds. The molecule has 0 aliphatic carbocycles. The SMILES string of the molecule is CCNC(=NCC(C)(C)c1cccs1)NCCCCn1ccccc1=O.I. The van der Waals surface area contributed by atoms with Crippen molar-refractivity contribution in [3.8, 4) is 0 Å². The lowest BCUT2D eigenvalue weighted by molar-refractivity contribution is 0.546. The molecular weight excluding hydrogens is 471 g/mol. The van der Waals surface area contributed by atoms with Crippen molar-refractivity contribution in [2.24, 2.45) is 4.99 Å². The Labute approximate surface area is 183 Å². The van der Waals surface area contributed by atoms with E-state index in [9.17, 15) is 4.79 Å². The van der Waals surface area contributed by atoms with Crippen LogP contribution in [0.1, 0.15) is 38.5 Å². The fraction of sp³-hybridized carbons (Fsp3) is 0.500. The molecule has 2 rings (SSSR count). The highest BCUT2D eigenvalue weighted by molar-refractivity contribution is 14.0. The monoisotopic (exact) mass is 502 g/mol. The van der Waals surface area contributed by atoms with Crippen molar-refractivity contribution in [1.82, 2.24) is 15.2 Å². The quantitative estimate of drug-likeness (QED) is 0.237. The van der Waals surface area contributed by atoms with Crippen LogP contribution in [-0.2, 0) is 12.0 Å². The first-order valence-corrected chi connectivity index (χ1v) is 10.1. The summed E-state index contributed by atoms with van der Waals surface area (Å²) >= 11 is 1.78. The number of hydrogen-bond acceptors (Lipinski definition) is 3. The summed E-state index contributed by atoms with van der Waals surface area (Å²) in [6.45, 7) is 9.69. The molecule has 2 N–H and O–H groups in total. The lowest BCUT2D eigenvalue weighted by Gasteiger charge is -2.21. The zero-order chi connectivity index (χ0) is 18.8. The minimum atomic E-state index is 0. The summed E-state index contributed by atoms with van der Waals surface area (Å²) in [7, 11) is 0. The number of rotatable bonds is 9. The van der Waals surface area contributed by atoms with Crippen LogP contribution >= 0.6 is 35.3 Å². The molecule has 0 radical (unpaired) electrons. The Morgan fingerprint density at radius 1 is 1.19 bits per heavy atom. The van der Waals surface area contributed by atoms with E-state index in [1.165, 1.54) is 4.88 Å². The van der Waals surface area contributed by atoms with E-state index in [2.05, 4.69) is 48.9 Å². The largest absolute Gasteiger partial charge is 0.357 e. The van der Waals surface area contributed by atoms with Crippen LogP contribution in [0.5, 0.6) is 0 Å². The molecule has 0 spiro atoms. The molecule has 27 heavy (non-hydrogen) atoms. The van der Waals surface area contributed by atoms with Crippen LogP contribution in [0.25, 0.3) is 0 Å². The summed E-state index contributed by atoms with van der Waals surface area (Å²) in [5, 5.41) is 8.81. The fourth-order valence-electron chi connectivity index (χ4n) is 2.62. The number of hydrogen-bond donors (Lipinski definition) is 2. The third-order valence-electron chi connectivity index (χ3n) is 4.18. The van der Waals surface area contributed by atoms with Crippen LogP contribution in [0.4, 0.5) is 0 Å². The Balaban J connectivity index is 0.00000364. The number of aromatic nitrogens is 1. The van der Waals surface area contributed by atoms with Crippen molar-refractivity contribution < 1.29 is 0 Å². The van der Waals surface area contributed by atoms with Crippen LogP contribution in [0.3, 0.4) is 0 Å². The number of nitrogens with one attached hydrogen (secondary N) is 2. The molecule has 2 aromatic rings. The molecule has 0 atom stereocenters. The fourth-order valence-corrected chi connectivity index (χ4v) is 3.46. The molecule has 0 fully saturated rings. The first-order valence-electron chi connectivity index (χ1n) is 9.24. The maximum Gasteiger partial charge on any atom is 0.250 e. The number of unbranched alkanes of at least 4 members (excludes halogenated alkanes) is 1. The van der Waals surface area contributed by atoms with Gasteiger partial charge in [-0.15, -0.1) is 35.3 Å². The molecular formula is C20H31IN4OS. The number of pyridine rings is 1. The average molecular weight is 502 g/mol. The second kappa shape index (κ2) is 12.2. The molecule has 0 saturated carbocycles. The van der Waals surface area contributed by atoms with Crippen LogP contribution < -0.4 is 16.2 Å². The lowest BCUT2D eigenvalue weighted by atomic mass is 9.92. The first-order chi connectivity index (χ1) is 12.5. The summed E-state index contributed by atoms with van der Waals surface area (Å²) < 4.78 is 1.75. The van der Waals surface area contributed by atoms with Gasteiger partial charge in [0.1, 0.15) is 0 Å². The number of aryl methyl sites for hydroxylation is 1. The number of aliphatic imine (C=N–C) groups is 1. The average Bonchev–Trinajstić information content (AvgIpc) is 3.16. The van der Waals surface area contributed by atoms with Gasteiger partial charge in [-0.3, -0.25) is 9.79 Å². The highest BCUT2D eigenvalue weighted by atomic mass is 127. The number of thiophene rings is 1.